The summed E-state index contributed by atoms with van der Waals surface area (Å²) in [7, 11) is 0. The standard InChI is InChI=1S/C25H46ClN3/c1-4-6-8-10-12-14-16-18-20-29(24-22-23(3)27-25(26)28-24)21-19-17-15-13-11-9-7-5-2/h22H,4-21H2,1-3H3. The SMILES string of the molecule is CCCCCCCCCCN(CCCCCCCCCC)c1cc(C)nc(Cl)n1. The number of anilines is 1. The van der Waals surface area contributed by atoms with Gasteiger partial charge in [0.25, 0.3) is 0 Å². The van der Waals surface area contributed by atoms with Crippen molar-refractivity contribution in [3.63, 3.8) is 0 Å². The van der Waals surface area contributed by atoms with Crippen molar-refractivity contribution in [2.45, 2.75) is 124 Å². The molecule has 29 heavy (non-hydrogen) atoms. The second kappa shape index (κ2) is 18.0. The average Bonchev–Trinajstić information content (AvgIpc) is 2.69. The van der Waals surface area contributed by atoms with Gasteiger partial charge in [-0.25, -0.2) is 9.97 Å². The van der Waals surface area contributed by atoms with Crippen LogP contribution in [-0.4, -0.2) is 23.1 Å². The Morgan fingerprint density at radius 1 is 0.655 bits per heavy atom. The van der Waals surface area contributed by atoms with Crippen LogP contribution in [0.15, 0.2) is 6.07 Å². The molecule has 1 heterocycles. The predicted molar refractivity (Wildman–Crippen MR) is 129 cm³/mol. The summed E-state index contributed by atoms with van der Waals surface area (Å²) in [6, 6.07) is 2.08. The molecule has 0 fully saturated rings. The van der Waals surface area contributed by atoms with Gasteiger partial charge in [0.1, 0.15) is 5.82 Å². The fourth-order valence-corrected chi connectivity index (χ4v) is 4.11. The Morgan fingerprint density at radius 3 is 1.48 bits per heavy atom. The maximum Gasteiger partial charge on any atom is 0.224 e. The third-order valence-corrected chi connectivity index (χ3v) is 5.87. The average molecular weight is 424 g/mol. The van der Waals surface area contributed by atoms with Crippen LogP contribution in [0.25, 0.3) is 0 Å². The normalized spacial score (nSPS) is 11.2. The van der Waals surface area contributed by atoms with Crippen molar-refractivity contribution >= 4 is 17.4 Å². The Kier molecular flexibility index (Phi) is 16.2. The number of unbranched alkanes of at least 4 members (excludes halogenated alkanes) is 14. The second-order valence-electron chi connectivity index (χ2n) is 8.57. The molecule has 0 spiro atoms. The molecule has 0 atom stereocenters. The first-order chi connectivity index (χ1) is 14.2. The van der Waals surface area contributed by atoms with Crippen LogP contribution in [0.1, 0.15) is 122 Å². The maximum absolute atomic E-state index is 6.13. The van der Waals surface area contributed by atoms with Crippen molar-refractivity contribution in [2.75, 3.05) is 18.0 Å². The molecule has 0 aliphatic heterocycles. The summed E-state index contributed by atoms with van der Waals surface area (Å²) in [6.07, 6.45) is 21.6. The number of rotatable bonds is 19. The lowest BCUT2D eigenvalue weighted by molar-refractivity contribution is 0.554. The minimum Gasteiger partial charge on any atom is -0.356 e. The zero-order valence-corrected chi connectivity index (χ0v) is 20.3. The van der Waals surface area contributed by atoms with Gasteiger partial charge >= 0.3 is 0 Å². The van der Waals surface area contributed by atoms with E-state index in [9.17, 15) is 0 Å². The van der Waals surface area contributed by atoms with E-state index in [1.54, 1.807) is 0 Å². The van der Waals surface area contributed by atoms with E-state index in [1.807, 2.05) is 6.92 Å². The second-order valence-corrected chi connectivity index (χ2v) is 8.91. The minimum absolute atomic E-state index is 0.372. The van der Waals surface area contributed by atoms with E-state index >= 15 is 0 Å². The first kappa shape index (κ1) is 26.2. The van der Waals surface area contributed by atoms with Gasteiger partial charge in [0.2, 0.25) is 5.28 Å². The van der Waals surface area contributed by atoms with Crippen LogP contribution in [0, 0.1) is 6.92 Å². The molecule has 0 aromatic carbocycles. The van der Waals surface area contributed by atoms with Gasteiger partial charge in [-0.1, -0.05) is 104 Å². The Balaban J connectivity index is 2.34. The van der Waals surface area contributed by atoms with E-state index < -0.39 is 0 Å². The van der Waals surface area contributed by atoms with Crippen LogP contribution >= 0.6 is 11.6 Å². The van der Waals surface area contributed by atoms with Crippen LogP contribution in [-0.2, 0) is 0 Å². The van der Waals surface area contributed by atoms with Gasteiger partial charge in [0.15, 0.2) is 0 Å². The molecule has 1 aromatic heterocycles. The molecule has 0 bridgehead atoms. The van der Waals surface area contributed by atoms with Crippen LogP contribution in [0.3, 0.4) is 0 Å². The molecule has 0 saturated heterocycles. The largest absolute Gasteiger partial charge is 0.356 e. The highest BCUT2D eigenvalue weighted by Gasteiger charge is 2.10. The fraction of sp³-hybridized carbons (Fsp3) is 0.840. The molecule has 0 aliphatic carbocycles. The zero-order valence-electron chi connectivity index (χ0n) is 19.5. The van der Waals surface area contributed by atoms with Crippen LogP contribution in [0.2, 0.25) is 5.28 Å². The summed E-state index contributed by atoms with van der Waals surface area (Å²) in [4.78, 5) is 11.2. The number of aromatic nitrogens is 2. The minimum atomic E-state index is 0.372. The Hall–Kier alpha value is -0.830. The summed E-state index contributed by atoms with van der Waals surface area (Å²) in [5, 5.41) is 0.372. The van der Waals surface area contributed by atoms with Crippen molar-refractivity contribution in [1.29, 1.82) is 0 Å². The molecule has 0 radical (unpaired) electrons. The molecule has 0 unspecified atom stereocenters. The first-order valence-electron chi connectivity index (χ1n) is 12.4. The van der Waals surface area contributed by atoms with E-state index in [-0.39, 0.29) is 0 Å². The molecular weight excluding hydrogens is 378 g/mol. The quantitative estimate of drug-likeness (QED) is 0.165. The monoisotopic (exact) mass is 423 g/mol. The third-order valence-electron chi connectivity index (χ3n) is 5.70. The van der Waals surface area contributed by atoms with Crippen LogP contribution < -0.4 is 4.90 Å². The molecule has 0 saturated carbocycles. The molecule has 0 aliphatic rings. The van der Waals surface area contributed by atoms with Gasteiger partial charge in [-0.15, -0.1) is 0 Å². The topological polar surface area (TPSA) is 29.0 Å². The number of hydrogen-bond donors (Lipinski definition) is 0. The molecule has 1 aromatic rings. The van der Waals surface area contributed by atoms with E-state index in [0.29, 0.717) is 5.28 Å². The molecule has 4 heteroatoms. The van der Waals surface area contributed by atoms with Gasteiger partial charge in [-0.05, 0) is 31.4 Å². The van der Waals surface area contributed by atoms with Crippen molar-refractivity contribution < 1.29 is 0 Å². The maximum atomic E-state index is 6.13. The van der Waals surface area contributed by atoms with Crippen molar-refractivity contribution in [1.82, 2.24) is 9.97 Å². The van der Waals surface area contributed by atoms with E-state index in [1.165, 1.54) is 103 Å². The zero-order chi connectivity index (χ0) is 21.2. The highest BCUT2D eigenvalue weighted by molar-refractivity contribution is 6.28. The number of hydrogen-bond acceptors (Lipinski definition) is 3. The van der Waals surface area contributed by atoms with Gasteiger partial charge < -0.3 is 4.90 Å². The number of aryl methyl sites for hydroxylation is 1. The Labute approximate surface area is 186 Å². The molecule has 1 rings (SSSR count). The van der Waals surface area contributed by atoms with Crippen molar-refractivity contribution in [2.24, 2.45) is 0 Å². The Morgan fingerprint density at radius 2 is 1.07 bits per heavy atom. The van der Waals surface area contributed by atoms with Crippen molar-refractivity contribution in [3.05, 3.63) is 17.0 Å². The lowest BCUT2D eigenvalue weighted by atomic mass is 10.1. The van der Waals surface area contributed by atoms with Gasteiger partial charge in [0, 0.05) is 24.8 Å². The van der Waals surface area contributed by atoms with Gasteiger partial charge in [0.05, 0.1) is 0 Å². The Bertz CT molecular complexity index is 467. The first-order valence-corrected chi connectivity index (χ1v) is 12.8. The van der Waals surface area contributed by atoms with Gasteiger partial charge in [-0.3, -0.25) is 0 Å². The van der Waals surface area contributed by atoms with Crippen molar-refractivity contribution in [3.8, 4) is 0 Å². The molecule has 0 amide bonds. The van der Waals surface area contributed by atoms with E-state index in [4.69, 9.17) is 11.6 Å². The third kappa shape index (κ3) is 13.9. The molecule has 0 N–H and O–H groups in total. The van der Waals surface area contributed by atoms with Crippen LogP contribution in [0.5, 0.6) is 0 Å². The summed E-state index contributed by atoms with van der Waals surface area (Å²) in [5.74, 6) is 1.01. The van der Waals surface area contributed by atoms with Gasteiger partial charge in [-0.2, -0.15) is 0 Å². The fourth-order valence-electron chi connectivity index (χ4n) is 3.89. The smallest absolute Gasteiger partial charge is 0.224 e. The highest BCUT2D eigenvalue weighted by Crippen LogP contribution is 2.18. The lowest BCUT2D eigenvalue weighted by Gasteiger charge is -2.24. The lowest BCUT2D eigenvalue weighted by Crippen LogP contribution is -2.27. The van der Waals surface area contributed by atoms with E-state index in [2.05, 4.69) is 34.8 Å². The number of nitrogens with zero attached hydrogens (tertiary/aromatic N) is 3. The molecular formula is C25H46ClN3. The molecule has 3 nitrogen and oxygen atoms in total. The highest BCUT2D eigenvalue weighted by atomic mass is 35.5. The summed E-state index contributed by atoms with van der Waals surface area (Å²) in [6.45, 7) is 8.72. The molecule has 168 valence electrons. The van der Waals surface area contributed by atoms with Crippen LogP contribution in [0.4, 0.5) is 5.82 Å². The summed E-state index contributed by atoms with van der Waals surface area (Å²) in [5.41, 5.74) is 0.955. The predicted octanol–water partition coefficient (Wildman–Crippen LogP) is 8.53. The van der Waals surface area contributed by atoms with E-state index in [0.717, 1.165) is 24.6 Å². The number of halogens is 1. The summed E-state index contributed by atoms with van der Waals surface area (Å²) < 4.78 is 0. The summed E-state index contributed by atoms with van der Waals surface area (Å²) >= 11 is 6.13.